The SMILES string of the molecule is CCCCc1c(Cl)nc(N)nc1N1CCN(C(=O)[C@@H](C)O)CC1. The maximum absolute atomic E-state index is 11.8. The first-order chi connectivity index (χ1) is 10.9. The molecule has 0 saturated carbocycles. The van der Waals surface area contributed by atoms with Gasteiger partial charge in [0.1, 0.15) is 17.1 Å². The first-order valence-corrected chi connectivity index (χ1v) is 8.35. The van der Waals surface area contributed by atoms with Crippen LogP contribution in [0.4, 0.5) is 11.8 Å². The molecule has 2 rings (SSSR count). The molecule has 0 spiro atoms. The Balaban J connectivity index is 2.15. The van der Waals surface area contributed by atoms with E-state index in [1.807, 2.05) is 0 Å². The quantitative estimate of drug-likeness (QED) is 0.778. The summed E-state index contributed by atoms with van der Waals surface area (Å²) in [6, 6.07) is 0. The van der Waals surface area contributed by atoms with Gasteiger partial charge in [0, 0.05) is 31.7 Å². The van der Waals surface area contributed by atoms with Crippen molar-refractivity contribution in [3.8, 4) is 0 Å². The summed E-state index contributed by atoms with van der Waals surface area (Å²) in [6.45, 7) is 5.94. The molecule has 128 valence electrons. The van der Waals surface area contributed by atoms with Gasteiger partial charge < -0.3 is 20.6 Å². The van der Waals surface area contributed by atoms with Crippen molar-refractivity contribution in [2.75, 3.05) is 36.8 Å². The van der Waals surface area contributed by atoms with Crippen LogP contribution in [0.25, 0.3) is 0 Å². The van der Waals surface area contributed by atoms with Gasteiger partial charge in [-0.3, -0.25) is 4.79 Å². The van der Waals surface area contributed by atoms with Crippen LogP contribution < -0.4 is 10.6 Å². The van der Waals surface area contributed by atoms with Gasteiger partial charge in [-0.2, -0.15) is 4.98 Å². The van der Waals surface area contributed by atoms with Crippen LogP contribution in [0.2, 0.25) is 5.15 Å². The summed E-state index contributed by atoms with van der Waals surface area (Å²) in [5.41, 5.74) is 6.66. The molecule has 0 aliphatic carbocycles. The fraction of sp³-hybridized carbons (Fsp3) is 0.667. The summed E-state index contributed by atoms with van der Waals surface area (Å²) in [5, 5.41) is 9.82. The average Bonchev–Trinajstić information content (AvgIpc) is 2.53. The molecule has 0 bridgehead atoms. The molecule has 1 aliphatic heterocycles. The van der Waals surface area contributed by atoms with Gasteiger partial charge in [-0.25, -0.2) is 4.98 Å². The van der Waals surface area contributed by atoms with Crippen molar-refractivity contribution in [1.82, 2.24) is 14.9 Å². The van der Waals surface area contributed by atoms with Gasteiger partial charge >= 0.3 is 0 Å². The van der Waals surface area contributed by atoms with E-state index >= 15 is 0 Å². The lowest BCUT2D eigenvalue weighted by Gasteiger charge is -2.36. The summed E-state index contributed by atoms with van der Waals surface area (Å²) in [6.07, 6.45) is 1.89. The highest BCUT2D eigenvalue weighted by Crippen LogP contribution is 2.28. The Morgan fingerprint density at radius 3 is 2.57 bits per heavy atom. The Morgan fingerprint density at radius 2 is 2.00 bits per heavy atom. The molecule has 1 amide bonds. The topological polar surface area (TPSA) is 95.6 Å². The van der Waals surface area contributed by atoms with E-state index in [9.17, 15) is 9.90 Å². The van der Waals surface area contributed by atoms with Gasteiger partial charge in [0.05, 0.1) is 0 Å². The summed E-state index contributed by atoms with van der Waals surface area (Å²) in [7, 11) is 0. The second-order valence-electron chi connectivity index (χ2n) is 5.77. The van der Waals surface area contributed by atoms with Crippen molar-refractivity contribution in [3.63, 3.8) is 0 Å². The number of carbonyl (C=O) groups is 1. The number of unbranched alkanes of at least 4 members (excludes halogenated alkanes) is 1. The Bertz CT molecular complexity index is 559. The third-order valence-electron chi connectivity index (χ3n) is 3.98. The molecule has 0 aromatic carbocycles. The first kappa shape index (κ1) is 17.7. The molecular weight excluding hydrogens is 318 g/mol. The van der Waals surface area contributed by atoms with Crippen molar-refractivity contribution in [2.45, 2.75) is 39.2 Å². The van der Waals surface area contributed by atoms with Gasteiger partial charge in [-0.15, -0.1) is 0 Å². The lowest BCUT2D eigenvalue weighted by atomic mass is 10.1. The highest BCUT2D eigenvalue weighted by Gasteiger charge is 2.26. The molecule has 1 aromatic heterocycles. The second kappa shape index (κ2) is 7.79. The highest BCUT2D eigenvalue weighted by atomic mass is 35.5. The molecular formula is C15H24ClN5O2. The Morgan fingerprint density at radius 1 is 1.35 bits per heavy atom. The van der Waals surface area contributed by atoms with Crippen LogP contribution in [0.5, 0.6) is 0 Å². The minimum absolute atomic E-state index is 0.160. The number of amides is 1. The van der Waals surface area contributed by atoms with Crippen LogP contribution in [0.1, 0.15) is 32.3 Å². The van der Waals surface area contributed by atoms with Crippen molar-refractivity contribution in [1.29, 1.82) is 0 Å². The van der Waals surface area contributed by atoms with Crippen LogP contribution in [-0.2, 0) is 11.2 Å². The predicted octanol–water partition coefficient (Wildman–Crippen LogP) is 1.08. The smallest absolute Gasteiger partial charge is 0.251 e. The number of anilines is 2. The molecule has 1 atom stereocenters. The number of nitrogens with two attached hydrogens (primary N) is 1. The first-order valence-electron chi connectivity index (χ1n) is 7.97. The number of nitrogens with zero attached hydrogens (tertiary/aromatic N) is 4. The Hall–Kier alpha value is -1.60. The largest absolute Gasteiger partial charge is 0.384 e. The molecule has 1 aromatic rings. The number of halogens is 1. The van der Waals surface area contributed by atoms with Gasteiger partial charge in [-0.05, 0) is 19.8 Å². The van der Waals surface area contributed by atoms with Gasteiger partial charge in [0.25, 0.3) is 5.91 Å². The molecule has 1 saturated heterocycles. The van der Waals surface area contributed by atoms with Crippen molar-refractivity contribution >= 4 is 29.3 Å². The number of aromatic nitrogens is 2. The minimum Gasteiger partial charge on any atom is -0.384 e. The summed E-state index contributed by atoms with van der Waals surface area (Å²) in [5.74, 6) is 0.684. The van der Waals surface area contributed by atoms with Gasteiger partial charge in [-0.1, -0.05) is 24.9 Å². The second-order valence-corrected chi connectivity index (χ2v) is 6.12. The van der Waals surface area contributed by atoms with E-state index in [1.165, 1.54) is 6.92 Å². The van der Waals surface area contributed by atoms with Crippen LogP contribution in [0.3, 0.4) is 0 Å². The number of nitrogen functional groups attached to an aromatic ring is 1. The van der Waals surface area contributed by atoms with Gasteiger partial charge in [0.2, 0.25) is 5.95 Å². The molecule has 1 aliphatic rings. The maximum Gasteiger partial charge on any atom is 0.251 e. The van der Waals surface area contributed by atoms with Crippen LogP contribution in [-0.4, -0.2) is 58.2 Å². The van der Waals surface area contributed by atoms with E-state index in [-0.39, 0.29) is 11.9 Å². The normalized spacial score (nSPS) is 16.5. The monoisotopic (exact) mass is 341 g/mol. The van der Waals surface area contributed by atoms with Crippen molar-refractivity contribution in [3.05, 3.63) is 10.7 Å². The lowest BCUT2D eigenvalue weighted by Crippen LogP contribution is -2.51. The lowest BCUT2D eigenvalue weighted by molar-refractivity contribution is -0.139. The molecule has 2 heterocycles. The summed E-state index contributed by atoms with van der Waals surface area (Å²) >= 11 is 6.25. The number of hydrogen-bond donors (Lipinski definition) is 2. The number of aliphatic hydroxyl groups is 1. The number of hydrogen-bond acceptors (Lipinski definition) is 6. The van der Waals surface area contributed by atoms with Crippen molar-refractivity contribution in [2.24, 2.45) is 0 Å². The predicted molar refractivity (Wildman–Crippen MR) is 90.5 cm³/mol. The number of rotatable bonds is 5. The van der Waals surface area contributed by atoms with Crippen LogP contribution in [0.15, 0.2) is 0 Å². The molecule has 1 fully saturated rings. The molecule has 0 unspecified atom stereocenters. The highest BCUT2D eigenvalue weighted by molar-refractivity contribution is 6.30. The van der Waals surface area contributed by atoms with E-state index in [4.69, 9.17) is 17.3 Å². The van der Waals surface area contributed by atoms with E-state index in [1.54, 1.807) is 4.90 Å². The standard InChI is InChI=1S/C15H24ClN5O2/c1-3-4-5-11-12(16)18-15(17)19-13(11)20-6-8-21(9-7-20)14(23)10(2)22/h10,22H,3-9H2,1-2H3,(H2,17,18,19)/t10-/m1/s1. The zero-order chi connectivity index (χ0) is 17.0. The zero-order valence-electron chi connectivity index (χ0n) is 13.6. The van der Waals surface area contributed by atoms with Crippen molar-refractivity contribution < 1.29 is 9.90 Å². The molecule has 0 radical (unpaired) electrons. The molecule has 3 N–H and O–H groups in total. The fourth-order valence-electron chi connectivity index (χ4n) is 2.69. The van der Waals surface area contributed by atoms with E-state index in [0.717, 1.165) is 30.6 Å². The average molecular weight is 342 g/mol. The summed E-state index contributed by atoms with van der Waals surface area (Å²) < 4.78 is 0. The van der Waals surface area contributed by atoms with Crippen LogP contribution in [0, 0.1) is 0 Å². The van der Waals surface area contributed by atoms with Gasteiger partial charge in [0.15, 0.2) is 0 Å². The van der Waals surface area contributed by atoms with E-state index in [0.29, 0.717) is 31.3 Å². The fourth-order valence-corrected chi connectivity index (χ4v) is 2.96. The maximum atomic E-state index is 11.8. The zero-order valence-corrected chi connectivity index (χ0v) is 14.4. The third-order valence-corrected chi connectivity index (χ3v) is 4.29. The van der Waals surface area contributed by atoms with E-state index in [2.05, 4.69) is 21.8 Å². The Kier molecular flexibility index (Phi) is 6.01. The van der Waals surface area contributed by atoms with E-state index < -0.39 is 6.10 Å². The third kappa shape index (κ3) is 4.23. The minimum atomic E-state index is -0.967. The number of aliphatic hydroxyl groups excluding tert-OH is 1. The summed E-state index contributed by atoms with van der Waals surface area (Å²) in [4.78, 5) is 24.0. The molecule has 7 nitrogen and oxygen atoms in total. The molecule has 23 heavy (non-hydrogen) atoms. The number of piperazine rings is 1. The Labute approximate surface area is 141 Å². The number of carbonyl (C=O) groups excluding carboxylic acids is 1. The van der Waals surface area contributed by atoms with Crippen LogP contribution >= 0.6 is 11.6 Å². The molecule has 8 heteroatoms.